The van der Waals surface area contributed by atoms with Gasteiger partial charge in [0, 0.05) is 24.2 Å². The molecule has 3 aromatic carbocycles. The first-order chi connectivity index (χ1) is 18.7. The number of alkyl halides is 6. The summed E-state index contributed by atoms with van der Waals surface area (Å²) in [5, 5.41) is 11.7. The molecule has 0 spiro atoms. The van der Waals surface area contributed by atoms with Crippen LogP contribution in [0.25, 0.3) is 0 Å². The second kappa shape index (κ2) is 10.6. The Morgan fingerprint density at radius 1 is 0.975 bits per heavy atom. The lowest BCUT2D eigenvalue weighted by Crippen LogP contribution is -2.41. The number of nitro benzene ring substituents is 1. The van der Waals surface area contributed by atoms with Crippen LogP contribution >= 0.6 is 0 Å². The monoisotopic (exact) mass is 570 g/mol. The number of halogens is 6. The maximum absolute atomic E-state index is 13.8. The molecule has 1 aliphatic rings. The molecule has 40 heavy (non-hydrogen) atoms. The van der Waals surface area contributed by atoms with Crippen LogP contribution in [0.4, 0.5) is 32.0 Å². The minimum atomic E-state index is -5.03. The average Bonchev–Trinajstić information content (AvgIpc) is 2.89. The molecule has 0 saturated heterocycles. The van der Waals surface area contributed by atoms with Crippen molar-refractivity contribution in [1.82, 2.24) is 4.90 Å². The molecule has 1 heterocycles. The molecule has 212 valence electrons. The van der Waals surface area contributed by atoms with Crippen LogP contribution in [0, 0.1) is 10.1 Å². The van der Waals surface area contributed by atoms with Crippen molar-refractivity contribution in [2.45, 2.75) is 25.0 Å². The molecule has 1 amide bonds. The van der Waals surface area contributed by atoms with E-state index >= 15 is 0 Å². The van der Waals surface area contributed by atoms with Gasteiger partial charge in [-0.1, -0.05) is 12.1 Å². The van der Waals surface area contributed by atoms with Crippen molar-refractivity contribution in [3.63, 3.8) is 0 Å². The molecule has 3 aromatic rings. The zero-order valence-electron chi connectivity index (χ0n) is 20.8. The molecule has 0 bridgehead atoms. The van der Waals surface area contributed by atoms with Crippen molar-refractivity contribution in [3.8, 4) is 17.2 Å². The van der Waals surface area contributed by atoms with Crippen molar-refractivity contribution >= 4 is 11.6 Å². The van der Waals surface area contributed by atoms with Gasteiger partial charge in [0.05, 0.1) is 30.7 Å². The molecule has 4 rings (SSSR count). The van der Waals surface area contributed by atoms with E-state index in [1.807, 2.05) is 0 Å². The number of carbonyl (C=O) groups is 1. The van der Waals surface area contributed by atoms with Crippen molar-refractivity contribution in [3.05, 3.63) is 92.5 Å². The number of ether oxygens (including phenoxy) is 3. The largest absolute Gasteiger partial charge is 0.573 e. The van der Waals surface area contributed by atoms with Crippen molar-refractivity contribution < 1.29 is 50.3 Å². The van der Waals surface area contributed by atoms with E-state index in [-0.39, 0.29) is 24.3 Å². The van der Waals surface area contributed by atoms with Crippen LogP contribution in [0.5, 0.6) is 17.2 Å². The highest BCUT2D eigenvalue weighted by molar-refractivity contribution is 5.99. The standard InChI is InChI=1S/C26H20F6N2O6/c1-38-18-10-14-8-9-33(24(35)19-12-16(25(27,28)29)6-7-20(19)34(36)37)23(22(14)21(13-18)39-2)15-4-3-5-17(11-15)40-26(30,31)32/h3-7,10-13,23H,8-9H2,1-2H3. The molecule has 0 saturated carbocycles. The van der Waals surface area contributed by atoms with Crippen LogP contribution in [0.2, 0.25) is 0 Å². The van der Waals surface area contributed by atoms with Crippen molar-refractivity contribution in [2.75, 3.05) is 20.8 Å². The van der Waals surface area contributed by atoms with Gasteiger partial charge in [0.15, 0.2) is 0 Å². The maximum atomic E-state index is 13.8. The van der Waals surface area contributed by atoms with Gasteiger partial charge in [-0.2, -0.15) is 13.2 Å². The Morgan fingerprint density at radius 2 is 1.70 bits per heavy atom. The normalized spacial score (nSPS) is 15.3. The van der Waals surface area contributed by atoms with Gasteiger partial charge in [-0.15, -0.1) is 13.2 Å². The number of nitro groups is 1. The third kappa shape index (κ3) is 5.75. The summed E-state index contributed by atoms with van der Waals surface area (Å²) in [6.07, 6.45) is -9.79. The fourth-order valence-electron chi connectivity index (χ4n) is 4.63. The Kier molecular flexibility index (Phi) is 7.55. The minimum absolute atomic E-state index is 0.0918. The number of methoxy groups -OCH3 is 2. The SMILES string of the molecule is COc1cc2c(c(OC)c1)C(c1cccc(OC(F)(F)F)c1)N(C(=O)c1cc(C(F)(F)F)ccc1[N+](=O)[O-])CC2. The predicted molar refractivity (Wildman–Crippen MR) is 127 cm³/mol. The average molecular weight is 570 g/mol. The summed E-state index contributed by atoms with van der Waals surface area (Å²) in [7, 11) is 2.72. The Labute approximate surface area is 222 Å². The number of amides is 1. The highest BCUT2D eigenvalue weighted by atomic mass is 19.4. The fourth-order valence-corrected chi connectivity index (χ4v) is 4.63. The first-order valence-corrected chi connectivity index (χ1v) is 11.5. The topological polar surface area (TPSA) is 91.1 Å². The van der Waals surface area contributed by atoms with Gasteiger partial charge in [0.1, 0.15) is 22.8 Å². The Hall–Kier alpha value is -4.49. The highest BCUT2D eigenvalue weighted by Gasteiger charge is 2.40. The summed E-state index contributed by atoms with van der Waals surface area (Å²) in [5.74, 6) is -1.18. The lowest BCUT2D eigenvalue weighted by Gasteiger charge is -2.38. The number of carbonyl (C=O) groups excluding carboxylic acids is 1. The van der Waals surface area contributed by atoms with Gasteiger partial charge in [-0.25, -0.2) is 0 Å². The molecule has 1 unspecified atom stereocenters. The van der Waals surface area contributed by atoms with E-state index in [1.54, 1.807) is 6.07 Å². The van der Waals surface area contributed by atoms with Crippen LogP contribution in [-0.4, -0.2) is 42.9 Å². The zero-order chi connectivity index (χ0) is 29.4. The van der Waals surface area contributed by atoms with E-state index < -0.39 is 52.0 Å². The summed E-state index contributed by atoms with van der Waals surface area (Å²) in [6.45, 7) is -0.148. The van der Waals surface area contributed by atoms with E-state index in [9.17, 15) is 41.3 Å². The molecule has 1 aliphatic heterocycles. The number of fused-ring (bicyclic) bond motifs is 1. The van der Waals surface area contributed by atoms with E-state index in [0.717, 1.165) is 17.0 Å². The first-order valence-electron chi connectivity index (χ1n) is 11.5. The van der Waals surface area contributed by atoms with E-state index in [1.165, 1.54) is 32.4 Å². The molecule has 0 radical (unpaired) electrons. The molecule has 14 heteroatoms. The summed E-state index contributed by atoms with van der Waals surface area (Å²) < 4.78 is 94.1. The maximum Gasteiger partial charge on any atom is 0.573 e. The van der Waals surface area contributed by atoms with E-state index in [2.05, 4.69) is 4.74 Å². The quantitative estimate of drug-likeness (QED) is 0.196. The summed E-state index contributed by atoms with van der Waals surface area (Å²) in [4.78, 5) is 25.6. The molecular weight excluding hydrogens is 550 g/mol. The Morgan fingerprint density at radius 3 is 2.30 bits per heavy atom. The first kappa shape index (κ1) is 28.5. The third-order valence-electron chi connectivity index (χ3n) is 6.28. The highest BCUT2D eigenvalue weighted by Crippen LogP contribution is 2.45. The second-order valence-corrected chi connectivity index (χ2v) is 8.66. The fraction of sp³-hybridized carbons (Fsp3) is 0.269. The molecule has 8 nitrogen and oxygen atoms in total. The summed E-state index contributed by atoms with van der Waals surface area (Å²) in [6, 6.07) is 8.07. The lowest BCUT2D eigenvalue weighted by atomic mass is 9.86. The number of rotatable bonds is 6. The van der Waals surface area contributed by atoms with Gasteiger partial charge >= 0.3 is 12.5 Å². The van der Waals surface area contributed by atoms with Gasteiger partial charge in [-0.3, -0.25) is 14.9 Å². The Balaban J connectivity index is 1.93. The lowest BCUT2D eigenvalue weighted by molar-refractivity contribution is -0.385. The Bertz CT molecular complexity index is 1440. The van der Waals surface area contributed by atoms with Crippen LogP contribution in [0.15, 0.2) is 54.6 Å². The van der Waals surface area contributed by atoms with Gasteiger partial charge in [-0.05, 0) is 47.9 Å². The molecule has 1 atom stereocenters. The van der Waals surface area contributed by atoms with Crippen molar-refractivity contribution in [2.24, 2.45) is 0 Å². The minimum Gasteiger partial charge on any atom is -0.497 e. The van der Waals surface area contributed by atoms with Crippen molar-refractivity contribution in [1.29, 1.82) is 0 Å². The molecule has 0 N–H and O–H groups in total. The summed E-state index contributed by atoms with van der Waals surface area (Å²) >= 11 is 0. The van der Waals surface area contributed by atoms with Crippen LogP contribution < -0.4 is 14.2 Å². The smallest absolute Gasteiger partial charge is 0.497 e. The summed E-state index contributed by atoms with van der Waals surface area (Å²) in [5.41, 5.74) is -1.97. The van der Waals surface area contributed by atoms with Gasteiger partial charge in [0.2, 0.25) is 0 Å². The van der Waals surface area contributed by atoms with E-state index in [0.29, 0.717) is 35.1 Å². The number of benzene rings is 3. The number of hydrogen-bond acceptors (Lipinski definition) is 6. The number of hydrogen-bond donors (Lipinski definition) is 0. The van der Waals surface area contributed by atoms with Crippen LogP contribution in [0.3, 0.4) is 0 Å². The van der Waals surface area contributed by atoms with Crippen LogP contribution in [0.1, 0.15) is 38.7 Å². The van der Waals surface area contributed by atoms with Gasteiger partial charge < -0.3 is 19.1 Å². The zero-order valence-corrected chi connectivity index (χ0v) is 20.8. The van der Waals surface area contributed by atoms with E-state index in [4.69, 9.17) is 9.47 Å². The third-order valence-corrected chi connectivity index (χ3v) is 6.28. The molecule has 0 aliphatic carbocycles. The number of nitrogens with zero attached hydrogens (tertiary/aromatic N) is 2. The second-order valence-electron chi connectivity index (χ2n) is 8.66. The molecule has 0 aromatic heterocycles. The molecular formula is C26H20F6N2O6. The van der Waals surface area contributed by atoms with Crippen LogP contribution in [-0.2, 0) is 12.6 Å². The molecule has 0 fully saturated rings. The predicted octanol–water partition coefficient (Wildman–Crippen LogP) is 6.32. The van der Waals surface area contributed by atoms with Gasteiger partial charge in [0.25, 0.3) is 11.6 Å².